The second-order valence-corrected chi connectivity index (χ2v) is 11.1. The first-order valence-electron chi connectivity index (χ1n) is 11.1. The van der Waals surface area contributed by atoms with Crippen LogP contribution in [0.2, 0.25) is 0 Å². The average molecular weight is 427 g/mol. The van der Waals surface area contributed by atoms with Gasteiger partial charge in [0.05, 0.1) is 17.3 Å². The number of carbonyl (C=O) groups excluding carboxylic acids is 1. The second-order valence-electron chi connectivity index (χ2n) is 11.1. The number of amides is 1. The molecule has 2 aliphatic rings. The molecule has 0 aliphatic carbocycles. The summed E-state index contributed by atoms with van der Waals surface area (Å²) in [5.74, 6) is 0. The van der Waals surface area contributed by atoms with E-state index in [-0.39, 0.29) is 29.3 Å². The van der Waals surface area contributed by atoms with Crippen molar-refractivity contribution >= 4 is 22.8 Å². The molecule has 0 radical (unpaired) electrons. The highest BCUT2D eigenvalue weighted by atomic mass is 16.6. The maximum atomic E-state index is 12.8. The number of imidazole rings is 1. The lowest BCUT2D eigenvalue weighted by Gasteiger charge is -2.35. The van der Waals surface area contributed by atoms with Gasteiger partial charge in [-0.2, -0.15) is 0 Å². The number of carbonyl (C=O) groups is 1. The maximum absolute atomic E-state index is 12.8. The molecule has 4 heterocycles. The van der Waals surface area contributed by atoms with Crippen LogP contribution >= 0.6 is 0 Å². The lowest BCUT2D eigenvalue weighted by atomic mass is 9.97. The van der Waals surface area contributed by atoms with E-state index in [0.29, 0.717) is 12.2 Å². The molecule has 2 aromatic rings. The zero-order valence-corrected chi connectivity index (χ0v) is 19.7. The van der Waals surface area contributed by atoms with Gasteiger partial charge < -0.3 is 4.74 Å². The molecule has 2 aliphatic heterocycles. The Hall–Kier alpha value is -2.57. The molecule has 0 N–H and O–H groups in total. The summed E-state index contributed by atoms with van der Waals surface area (Å²) >= 11 is 0. The number of aryl methyl sites for hydroxylation is 1. The highest BCUT2D eigenvalue weighted by Crippen LogP contribution is 2.39. The third-order valence-corrected chi connectivity index (χ3v) is 5.94. The molecule has 2 bridgehead atoms. The minimum atomic E-state index is -0.502. The second kappa shape index (κ2) is 7.24. The Balaban J connectivity index is 1.66. The molecule has 0 spiro atoms. The van der Waals surface area contributed by atoms with Crippen LogP contribution in [-0.4, -0.2) is 42.8 Å². The summed E-state index contributed by atoms with van der Waals surface area (Å²) in [5, 5.41) is 0. The third-order valence-electron chi connectivity index (χ3n) is 5.94. The fraction of sp³-hybridized carbons (Fsp3) is 0.625. The van der Waals surface area contributed by atoms with Gasteiger partial charge in [-0.3, -0.25) is 14.0 Å². The Morgan fingerprint density at radius 3 is 2.48 bits per heavy atom. The standard InChI is InChI=1S/C24H34N4O3/c1-23(2,3)14-27-19-11-10-18(25-20(19)26(7)21(27)29)15-12-16-8-9-17(13-15)28(16)22(30)31-24(4,5)6/h10-12,16-17H,8-9,13-14H2,1-7H3. The molecule has 4 rings (SSSR count). The highest BCUT2D eigenvalue weighted by Gasteiger charge is 2.42. The molecule has 2 unspecified atom stereocenters. The molecule has 0 aromatic carbocycles. The van der Waals surface area contributed by atoms with Gasteiger partial charge >= 0.3 is 11.8 Å². The normalized spacial score (nSPS) is 21.5. The maximum Gasteiger partial charge on any atom is 0.411 e. The summed E-state index contributed by atoms with van der Waals surface area (Å²) in [6.45, 7) is 12.7. The number of pyridine rings is 1. The minimum absolute atomic E-state index is 0.00695. The monoisotopic (exact) mass is 426 g/mol. The Morgan fingerprint density at radius 1 is 1.16 bits per heavy atom. The van der Waals surface area contributed by atoms with Crippen LogP contribution in [0.5, 0.6) is 0 Å². The van der Waals surface area contributed by atoms with Crippen molar-refractivity contribution in [3.63, 3.8) is 0 Å². The molecule has 7 heteroatoms. The number of fused-ring (bicyclic) bond motifs is 3. The summed E-state index contributed by atoms with van der Waals surface area (Å²) in [5.41, 5.74) is 3.05. The van der Waals surface area contributed by atoms with E-state index in [0.717, 1.165) is 36.0 Å². The van der Waals surface area contributed by atoms with Gasteiger partial charge in [-0.15, -0.1) is 0 Å². The van der Waals surface area contributed by atoms with Gasteiger partial charge in [0.1, 0.15) is 5.60 Å². The van der Waals surface area contributed by atoms with Crippen LogP contribution < -0.4 is 5.69 Å². The van der Waals surface area contributed by atoms with Crippen molar-refractivity contribution in [1.29, 1.82) is 0 Å². The molecule has 2 aromatic heterocycles. The Kier molecular flexibility index (Phi) is 5.06. The first kappa shape index (κ1) is 21.7. The molecule has 1 amide bonds. The molecule has 31 heavy (non-hydrogen) atoms. The summed E-state index contributed by atoms with van der Waals surface area (Å²) in [4.78, 5) is 32.3. The Bertz CT molecular complexity index is 1110. The number of nitrogens with zero attached hydrogens (tertiary/aromatic N) is 4. The van der Waals surface area contributed by atoms with Gasteiger partial charge in [0.2, 0.25) is 0 Å². The summed E-state index contributed by atoms with van der Waals surface area (Å²) in [6.07, 6.45) is 4.58. The number of rotatable bonds is 2. The van der Waals surface area contributed by atoms with E-state index in [1.165, 1.54) is 0 Å². The van der Waals surface area contributed by atoms with Gasteiger partial charge in [-0.25, -0.2) is 14.6 Å². The Labute approximate surface area is 183 Å². The van der Waals surface area contributed by atoms with Crippen molar-refractivity contribution in [1.82, 2.24) is 19.0 Å². The van der Waals surface area contributed by atoms with Gasteiger partial charge in [0.25, 0.3) is 0 Å². The van der Waals surface area contributed by atoms with Gasteiger partial charge in [0, 0.05) is 19.6 Å². The van der Waals surface area contributed by atoms with Crippen LogP contribution in [0.25, 0.3) is 16.7 Å². The molecule has 0 saturated carbocycles. The Morgan fingerprint density at radius 2 is 1.87 bits per heavy atom. The van der Waals surface area contributed by atoms with Crippen molar-refractivity contribution in [2.45, 2.75) is 85.0 Å². The molecule has 2 atom stereocenters. The molecular formula is C24H34N4O3. The highest BCUT2D eigenvalue weighted by molar-refractivity contribution is 5.78. The smallest absolute Gasteiger partial charge is 0.411 e. The largest absolute Gasteiger partial charge is 0.444 e. The SMILES string of the molecule is Cn1c(=O)n(CC(C)(C)C)c2ccc(C3=CC4CCC(C3)N4C(=O)OC(C)(C)C)nc21. The van der Waals surface area contributed by atoms with Gasteiger partial charge in [-0.05, 0) is 63.2 Å². The number of ether oxygens (including phenoxy) is 1. The van der Waals surface area contributed by atoms with E-state index in [1.807, 2.05) is 42.4 Å². The fourth-order valence-corrected chi connectivity index (χ4v) is 4.70. The van der Waals surface area contributed by atoms with Crippen LogP contribution in [0.15, 0.2) is 23.0 Å². The zero-order valence-electron chi connectivity index (χ0n) is 19.7. The number of hydrogen-bond acceptors (Lipinski definition) is 4. The quantitative estimate of drug-likeness (QED) is 0.716. The van der Waals surface area contributed by atoms with E-state index >= 15 is 0 Å². The summed E-state index contributed by atoms with van der Waals surface area (Å²) < 4.78 is 9.08. The van der Waals surface area contributed by atoms with Crippen molar-refractivity contribution in [3.05, 3.63) is 34.4 Å². The van der Waals surface area contributed by atoms with Crippen LogP contribution in [0, 0.1) is 5.41 Å². The lowest BCUT2D eigenvalue weighted by molar-refractivity contribution is 0.0175. The van der Waals surface area contributed by atoms with E-state index in [9.17, 15) is 9.59 Å². The zero-order chi connectivity index (χ0) is 22.7. The first-order valence-corrected chi connectivity index (χ1v) is 11.1. The predicted molar refractivity (Wildman–Crippen MR) is 122 cm³/mol. The first-order chi connectivity index (χ1) is 14.3. The predicted octanol–water partition coefficient (Wildman–Crippen LogP) is 4.34. The van der Waals surface area contributed by atoms with E-state index < -0.39 is 5.60 Å². The van der Waals surface area contributed by atoms with Gasteiger partial charge in [0.15, 0.2) is 5.65 Å². The number of hydrogen-bond donors (Lipinski definition) is 0. The topological polar surface area (TPSA) is 69.4 Å². The van der Waals surface area contributed by atoms with E-state index in [4.69, 9.17) is 9.72 Å². The van der Waals surface area contributed by atoms with Crippen LogP contribution in [-0.2, 0) is 18.3 Å². The molecule has 7 nitrogen and oxygen atoms in total. The molecule has 168 valence electrons. The van der Waals surface area contributed by atoms with Crippen molar-refractivity contribution in [2.75, 3.05) is 0 Å². The van der Waals surface area contributed by atoms with Crippen LogP contribution in [0.3, 0.4) is 0 Å². The molecule has 1 fully saturated rings. The van der Waals surface area contributed by atoms with Crippen LogP contribution in [0.1, 0.15) is 66.5 Å². The molecule has 1 saturated heterocycles. The van der Waals surface area contributed by atoms with E-state index in [1.54, 1.807) is 11.6 Å². The van der Waals surface area contributed by atoms with Crippen molar-refractivity contribution < 1.29 is 9.53 Å². The van der Waals surface area contributed by atoms with Crippen molar-refractivity contribution in [3.8, 4) is 0 Å². The van der Waals surface area contributed by atoms with Crippen LogP contribution in [0.4, 0.5) is 4.79 Å². The number of aromatic nitrogens is 3. The van der Waals surface area contributed by atoms with E-state index in [2.05, 4.69) is 26.8 Å². The average Bonchev–Trinajstić information content (AvgIpc) is 3.04. The summed E-state index contributed by atoms with van der Waals surface area (Å²) in [6, 6.07) is 4.19. The minimum Gasteiger partial charge on any atom is -0.444 e. The lowest BCUT2D eigenvalue weighted by Crippen LogP contribution is -2.45. The van der Waals surface area contributed by atoms with Crippen molar-refractivity contribution in [2.24, 2.45) is 12.5 Å². The van der Waals surface area contributed by atoms with Gasteiger partial charge in [-0.1, -0.05) is 26.8 Å². The fourth-order valence-electron chi connectivity index (χ4n) is 4.70. The third kappa shape index (κ3) is 4.14. The molecular weight excluding hydrogens is 392 g/mol. The summed E-state index contributed by atoms with van der Waals surface area (Å²) in [7, 11) is 1.78.